The van der Waals surface area contributed by atoms with Crippen LogP contribution in [0, 0.1) is 5.92 Å². The summed E-state index contributed by atoms with van der Waals surface area (Å²) in [5, 5.41) is 101. The number of likely N-dealkylation sites (tertiary alicyclic amines) is 1. The summed E-state index contributed by atoms with van der Waals surface area (Å²) in [5.41, 5.74) is 6.90. The van der Waals surface area contributed by atoms with Crippen molar-refractivity contribution in [2.24, 2.45) is 22.5 Å². The van der Waals surface area contributed by atoms with Crippen molar-refractivity contribution in [3.63, 3.8) is 0 Å². The van der Waals surface area contributed by atoms with Crippen molar-refractivity contribution in [2.75, 3.05) is 13.1 Å². The fraction of sp³-hybridized carbons (Fsp3) is 0.500. The zero-order chi connectivity index (χ0) is 84.8. The van der Waals surface area contributed by atoms with Gasteiger partial charge in [-0.3, -0.25) is 81.5 Å². The van der Waals surface area contributed by atoms with E-state index < -0.39 is 272 Å². The van der Waals surface area contributed by atoms with Gasteiger partial charge in [-0.05, 0) is 106 Å². The molecular formula is C70H97N15O27S. The summed E-state index contributed by atoms with van der Waals surface area (Å²) in [5.74, 6) is -21.0. The van der Waals surface area contributed by atoms with Crippen molar-refractivity contribution in [1.29, 1.82) is 0 Å². The summed E-state index contributed by atoms with van der Waals surface area (Å²) in [6, 6.07) is 1.58. The molecule has 0 unspecified atom stereocenters. The van der Waals surface area contributed by atoms with Crippen molar-refractivity contribution in [3.8, 4) is 11.5 Å². The van der Waals surface area contributed by atoms with Crippen LogP contribution in [-0.4, -0.2) is 235 Å². The Bertz CT molecular complexity index is 4060. The van der Waals surface area contributed by atoms with Crippen molar-refractivity contribution >= 4 is 111 Å². The van der Waals surface area contributed by atoms with Gasteiger partial charge in [0.25, 0.3) is 0 Å². The lowest BCUT2D eigenvalue weighted by molar-refractivity contribution is -0.143. The fourth-order valence-electron chi connectivity index (χ4n) is 11.4. The molecular weight excluding hydrogens is 1510 g/mol. The van der Waals surface area contributed by atoms with Gasteiger partial charge < -0.3 is 115 Å². The van der Waals surface area contributed by atoms with Crippen LogP contribution < -0.4 is 79.3 Å². The van der Waals surface area contributed by atoms with Gasteiger partial charge in [-0.15, -0.1) is 0 Å². The summed E-state index contributed by atoms with van der Waals surface area (Å²) in [6.07, 6.45) is -8.02. The number of carboxylic acid groups (broad SMARTS) is 4. The molecule has 1 aliphatic heterocycles. The Labute approximate surface area is 647 Å². The Kier molecular flexibility index (Phi) is 36.0. The van der Waals surface area contributed by atoms with E-state index in [9.17, 15) is 121 Å². The number of hydrogen-bond donors (Lipinski definition) is 21. The molecule has 1 saturated heterocycles. The lowest BCUT2D eigenvalue weighted by atomic mass is 10.0. The Morgan fingerprint density at radius 3 is 1.38 bits per heavy atom. The number of benzene rings is 3. The molecule has 42 nitrogen and oxygen atoms in total. The molecule has 1 fully saturated rings. The number of carbonyl (C=O) groups excluding carboxylic acids is 13. The van der Waals surface area contributed by atoms with E-state index in [-0.39, 0.29) is 30.0 Å². The molecule has 113 heavy (non-hydrogen) atoms. The standard InChI is InChI=1S/C70H97N15O27S/c1-36(2)58(82-64(103)46(24-28-57(96)97)77-60(99)43(71)21-25-54(90)91)67(106)84-70(5,109)34-52(88)83-69(4,108)33-51(87)76-48(30-38-10-7-6-8-11-38)65(104)78-45(23-27-56(94)95)63(102)81-49(32-40-15-19-42(20-16-40)112-113(73,110)111)66(105)79-44(22-26-55(92)93)62(101)80-47(31-39-13-17-41(86)18-14-39)61(100)74-35-53(89)75-37(3)68(107)85-29-9-12-50(85)59(72)98/h6-8,10-11,13-20,36-37,43-50,58,86,108-109H,9,12,21-35,71H2,1-5H3,(H2,72,98)(H,74,100)(H,75,89)(H,76,87)(H,77,99)(H,78,104)(H,79,105)(H,80,101)(H,81,102)(H,82,103)(H,83,88)(H,84,106)(H,90,91)(H,92,93)(H,94,95)(H,96,97)(H2,73,110,111)/t37-,43-,44-,45-,46-,47-,48-,49-,50-,58-,69+,70+/m0/s1. The third-order valence-corrected chi connectivity index (χ3v) is 17.5. The van der Waals surface area contributed by atoms with E-state index in [0.717, 1.165) is 26.0 Å². The van der Waals surface area contributed by atoms with E-state index in [1.54, 1.807) is 18.2 Å². The summed E-state index contributed by atoms with van der Waals surface area (Å²) in [4.78, 5) is 226. The SMILES string of the molecule is CC(C)[C@H](NC(=O)[C@H](CCC(=O)O)NC(=O)[C@@H](N)CCC(=O)O)C(=O)N[C@](C)(O)CC(=O)N[C@](C)(O)CC(=O)N[C@@H](Cc1ccccc1)C(=O)N[C@@H](CCC(=O)O)C(=O)N[C@@H](Cc1ccc(OS(N)(=O)=O)cc1)C(=O)N[C@@H](CCC(=O)O)C(=O)N[C@@H](Cc1ccc(O)cc1)C(=O)NCC(=O)N[C@@H](C)C(=O)N1CCC[C@H]1C(N)=O. The Balaban J connectivity index is 1.60. The number of nitrogens with one attached hydrogen (secondary N) is 11. The third kappa shape index (κ3) is 34.1. The quantitative estimate of drug-likeness (QED) is 0.0234. The number of aliphatic carboxylic acids is 4. The number of hydrogen-bond acceptors (Lipinski definition) is 24. The number of aromatic hydroxyl groups is 1. The minimum absolute atomic E-state index is 0.0889. The van der Waals surface area contributed by atoms with Crippen molar-refractivity contribution in [3.05, 3.63) is 95.6 Å². The Hall–Kier alpha value is -12.0. The van der Waals surface area contributed by atoms with Gasteiger partial charge in [-0.2, -0.15) is 13.6 Å². The number of nitrogens with zero attached hydrogens (tertiary/aromatic N) is 1. The molecule has 620 valence electrons. The molecule has 0 aliphatic carbocycles. The highest BCUT2D eigenvalue weighted by Gasteiger charge is 2.40. The first kappa shape index (κ1) is 93.4. The van der Waals surface area contributed by atoms with Crippen molar-refractivity contribution < 1.29 is 130 Å². The minimum Gasteiger partial charge on any atom is -0.508 e. The molecule has 24 N–H and O–H groups in total. The normalized spacial score (nSPS) is 16.0. The molecule has 4 rings (SSSR count). The Morgan fingerprint density at radius 2 is 0.912 bits per heavy atom. The van der Waals surface area contributed by atoms with Gasteiger partial charge in [0, 0.05) is 51.5 Å². The molecule has 0 spiro atoms. The molecule has 1 heterocycles. The van der Waals surface area contributed by atoms with Crippen LogP contribution in [0.25, 0.3) is 0 Å². The van der Waals surface area contributed by atoms with Gasteiger partial charge in [0.15, 0.2) is 0 Å². The molecule has 13 amide bonds. The number of rotatable bonds is 47. The van der Waals surface area contributed by atoms with Crippen LogP contribution in [0.4, 0.5) is 0 Å². The first-order valence-electron chi connectivity index (χ1n) is 35.3. The van der Waals surface area contributed by atoms with Crippen LogP contribution in [-0.2, 0) is 111 Å². The highest BCUT2D eigenvalue weighted by Crippen LogP contribution is 2.21. The number of primary amides is 1. The van der Waals surface area contributed by atoms with Crippen molar-refractivity contribution in [2.45, 2.75) is 203 Å². The van der Waals surface area contributed by atoms with Gasteiger partial charge in [0.1, 0.15) is 77.3 Å². The van der Waals surface area contributed by atoms with Gasteiger partial charge >= 0.3 is 34.2 Å². The van der Waals surface area contributed by atoms with Gasteiger partial charge in [0.05, 0.1) is 25.4 Å². The maximum Gasteiger partial charge on any atom is 0.380 e. The first-order valence-corrected chi connectivity index (χ1v) is 36.8. The second kappa shape index (κ2) is 43.6. The minimum atomic E-state index is -4.59. The molecule has 12 atom stereocenters. The largest absolute Gasteiger partial charge is 0.508 e. The molecule has 0 radical (unpaired) electrons. The molecule has 43 heteroatoms. The van der Waals surface area contributed by atoms with Gasteiger partial charge in [0.2, 0.25) is 76.8 Å². The van der Waals surface area contributed by atoms with E-state index in [1.165, 1.54) is 74.2 Å². The summed E-state index contributed by atoms with van der Waals surface area (Å²) in [7, 11) is -4.59. The monoisotopic (exact) mass is 1610 g/mol. The van der Waals surface area contributed by atoms with Crippen LogP contribution in [0.1, 0.15) is 128 Å². The molecule has 0 saturated carbocycles. The molecule has 0 aromatic heterocycles. The van der Waals surface area contributed by atoms with Crippen LogP contribution >= 0.6 is 0 Å². The zero-order valence-corrected chi connectivity index (χ0v) is 63.1. The highest BCUT2D eigenvalue weighted by atomic mass is 32.2. The molecule has 0 bridgehead atoms. The maximum atomic E-state index is 14.8. The topological polar surface area (TPSA) is 689 Å². The van der Waals surface area contributed by atoms with Crippen LogP contribution in [0.3, 0.4) is 0 Å². The first-order chi connectivity index (χ1) is 52.7. The highest BCUT2D eigenvalue weighted by molar-refractivity contribution is 7.84. The van der Waals surface area contributed by atoms with E-state index in [0.29, 0.717) is 24.0 Å². The van der Waals surface area contributed by atoms with Gasteiger partial charge in [-0.25, -0.2) is 0 Å². The maximum absolute atomic E-state index is 14.8. The Morgan fingerprint density at radius 1 is 0.504 bits per heavy atom. The predicted octanol–water partition coefficient (Wildman–Crippen LogP) is -5.63. The molecule has 3 aromatic carbocycles. The smallest absolute Gasteiger partial charge is 0.380 e. The summed E-state index contributed by atoms with van der Waals surface area (Å²) in [6.45, 7) is 5.47. The van der Waals surface area contributed by atoms with Gasteiger partial charge in [-0.1, -0.05) is 68.4 Å². The third-order valence-electron chi connectivity index (χ3n) is 17.1. The number of carboxylic acids is 4. The van der Waals surface area contributed by atoms with E-state index in [4.69, 9.17) is 25.9 Å². The summed E-state index contributed by atoms with van der Waals surface area (Å²) < 4.78 is 28.2. The number of carbonyl (C=O) groups is 17. The van der Waals surface area contributed by atoms with E-state index in [2.05, 4.69) is 58.5 Å². The number of amides is 13. The summed E-state index contributed by atoms with van der Waals surface area (Å²) >= 11 is 0. The van der Waals surface area contributed by atoms with Crippen LogP contribution in [0.5, 0.6) is 11.5 Å². The average molecular weight is 1610 g/mol. The number of phenols is 1. The predicted molar refractivity (Wildman–Crippen MR) is 391 cm³/mol. The average Bonchev–Trinajstić information content (AvgIpc) is 1.67. The van der Waals surface area contributed by atoms with E-state index in [1.807, 2.05) is 0 Å². The lowest BCUT2D eigenvalue weighted by Crippen LogP contribution is -2.61. The number of nitrogens with two attached hydrogens (primary N) is 3. The number of aliphatic hydroxyl groups is 2. The molecule has 3 aromatic rings. The van der Waals surface area contributed by atoms with E-state index >= 15 is 0 Å². The second-order valence-electron chi connectivity index (χ2n) is 27.5. The van der Waals surface area contributed by atoms with Crippen LogP contribution in [0.2, 0.25) is 0 Å². The second-order valence-corrected chi connectivity index (χ2v) is 28.7. The van der Waals surface area contributed by atoms with Crippen molar-refractivity contribution in [1.82, 2.24) is 63.4 Å². The van der Waals surface area contributed by atoms with Crippen LogP contribution in [0.15, 0.2) is 78.9 Å². The number of phenolic OH excluding ortho intramolecular Hbond substituents is 1. The fourth-order valence-corrected chi connectivity index (χ4v) is 11.8. The zero-order valence-electron chi connectivity index (χ0n) is 62.3. The lowest BCUT2D eigenvalue weighted by Gasteiger charge is -2.31. The molecule has 1 aliphatic rings.